The number of carbonyl (C=O) groups is 2. The fraction of sp³-hybridized carbons (Fsp3) is 0.286. The van der Waals surface area contributed by atoms with Crippen LogP contribution in [-0.2, 0) is 9.59 Å². The Balaban J connectivity index is 2.44. The van der Waals surface area contributed by atoms with Crippen LogP contribution in [0.3, 0.4) is 0 Å². The number of aliphatic carboxylic acids is 1. The van der Waals surface area contributed by atoms with Gasteiger partial charge in [0.15, 0.2) is 5.78 Å². The minimum Gasteiger partial charge on any atom is -0.478 e. The zero-order valence-corrected chi connectivity index (χ0v) is 15.1. The van der Waals surface area contributed by atoms with Crippen LogP contribution in [0.2, 0.25) is 0 Å². The number of carboxylic acid groups (broad SMARTS) is 1. The van der Waals surface area contributed by atoms with Crippen molar-refractivity contribution in [3.8, 4) is 0 Å². The molecule has 0 fully saturated rings. The number of carbonyl (C=O) groups excluding carboxylic acids is 1. The molecule has 0 unspecified atom stereocenters. The van der Waals surface area contributed by atoms with Gasteiger partial charge in [0.05, 0.1) is 5.69 Å². The molecule has 2 N–H and O–H groups in total. The lowest BCUT2D eigenvalue weighted by atomic mass is 9.64. The van der Waals surface area contributed by atoms with Gasteiger partial charge in [0, 0.05) is 24.1 Å². The molecule has 1 aromatic heterocycles. The van der Waals surface area contributed by atoms with E-state index in [4.69, 9.17) is 5.11 Å². The van der Waals surface area contributed by atoms with Gasteiger partial charge >= 0.3 is 5.97 Å². The van der Waals surface area contributed by atoms with Crippen LogP contribution in [0.25, 0.3) is 6.08 Å². The number of carboxylic acids is 1. The zero-order valence-electron chi connectivity index (χ0n) is 15.1. The molecule has 5 heteroatoms. The van der Waals surface area contributed by atoms with Crippen LogP contribution >= 0.6 is 0 Å². The minimum atomic E-state index is -1.42. The third kappa shape index (κ3) is 4.43. The highest BCUT2D eigenvalue weighted by Gasteiger charge is 2.47. The SMILES string of the molecule is CC(=C/C(=O)O)/C=C/[C@@]1(O)C(/C=C/c2ccccn2)=CC(=O)CC1(C)C. The fourth-order valence-corrected chi connectivity index (χ4v) is 2.94. The van der Waals surface area contributed by atoms with Gasteiger partial charge in [-0.3, -0.25) is 9.78 Å². The number of allylic oxidation sites excluding steroid dienone is 3. The van der Waals surface area contributed by atoms with Gasteiger partial charge in [-0.05, 0) is 48.4 Å². The van der Waals surface area contributed by atoms with E-state index < -0.39 is 17.0 Å². The van der Waals surface area contributed by atoms with Crippen molar-refractivity contribution in [2.24, 2.45) is 5.41 Å². The molecule has 1 aromatic rings. The molecule has 0 aromatic carbocycles. The van der Waals surface area contributed by atoms with Crippen molar-refractivity contribution >= 4 is 17.8 Å². The summed E-state index contributed by atoms with van der Waals surface area (Å²) < 4.78 is 0. The molecule has 0 radical (unpaired) electrons. The quantitative estimate of drug-likeness (QED) is 0.626. The molecule has 1 aliphatic rings. The van der Waals surface area contributed by atoms with Crippen molar-refractivity contribution < 1.29 is 19.8 Å². The monoisotopic (exact) mass is 353 g/mol. The predicted octanol–water partition coefficient (Wildman–Crippen LogP) is 3.34. The maximum Gasteiger partial charge on any atom is 0.328 e. The average Bonchev–Trinajstić information content (AvgIpc) is 2.55. The molecule has 1 atom stereocenters. The molecular formula is C21H23NO4. The van der Waals surface area contributed by atoms with E-state index in [1.54, 1.807) is 43.5 Å². The van der Waals surface area contributed by atoms with Crippen molar-refractivity contribution in [1.29, 1.82) is 0 Å². The topological polar surface area (TPSA) is 87.5 Å². The molecule has 0 amide bonds. The first-order chi connectivity index (χ1) is 12.1. The molecule has 0 saturated carbocycles. The first-order valence-corrected chi connectivity index (χ1v) is 8.31. The predicted molar refractivity (Wildman–Crippen MR) is 100 cm³/mol. The van der Waals surface area contributed by atoms with Gasteiger partial charge in [-0.1, -0.05) is 32.1 Å². The molecular weight excluding hydrogens is 330 g/mol. The van der Waals surface area contributed by atoms with Crippen molar-refractivity contribution in [2.45, 2.75) is 32.8 Å². The van der Waals surface area contributed by atoms with E-state index in [1.807, 2.05) is 26.0 Å². The summed E-state index contributed by atoms with van der Waals surface area (Å²) in [7, 11) is 0. The number of pyridine rings is 1. The molecule has 136 valence electrons. The summed E-state index contributed by atoms with van der Waals surface area (Å²) in [5.74, 6) is -1.12. The Hall–Kier alpha value is -2.79. The largest absolute Gasteiger partial charge is 0.478 e. The molecule has 1 heterocycles. The van der Waals surface area contributed by atoms with Gasteiger partial charge < -0.3 is 10.2 Å². The maximum absolute atomic E-state index is 12.1. The Labute approximate surface area is 153 Å². The summed E-state index contributed by atoms with van der Waals surface area (Å²) in [5.41, 5.74) is -0.518. The summed E-state index contributed by atoms with van der Waals surface area (Å²) in [6.07, 6.45) is 10.9. The lowest BCUT2D eigenvalue weighted by Gasteiger charge is -2.44. The van der Waals surface area contributed by atoms with Crippen molar-refractivity contribution in [3.63, 3.8) is 0 Å². The molecule has 0 bridgehead atoms. The normalized spacial score (nSPS) is 23.5. The molecule has 2 rings (SSSR count). The highest BCUT2D eigenvalue weighted by molar-refractivity contribution is 5.93. The Morgan fingerprint density at radius 1 is 1.27 bits per heavy atom. The number of nitrogens with zero attached hydrogens (tertiary/aromatic N) is 1. The summed E-state index contributed by atoms with van der Waals surface area (Å²) in [6, 6.07) is 5.48. The van der Waals surface area contributed by atoms with E-state index >= 15 is 0 Å². The summed E-state index contributed by atoms with van der Waals surface area (Å²) in [4.78, 5) is 27.1. The number of rotatable bonds is 5. The Morgan fingerprint density at radius 3 is 2.62 bits per heavy atom. The second-order valence-electron chi connectivity index (χ2n) is 7.04. The van der Waals surface area contributed by atoms with Crippen LogP contribution in [0.1, 0.15) is 32.9 Å². The first kappa shape index (κ1) is 19.5. The van der Waals surface area contributed by atoms with Crippen LogP contribution in [0.4, 0.5) is 0 Å². The van der Waals surface area contributed by atoms with Crippen LogP contribution < -0.4 is 0 Å². The Bertz CT molecular complexity index is 816. The van der Waals surface area contributed by atoms with E-state index in [1.165, 1.54) is 6.08 Å². The van der Waals surface area contributed by atoms with Crippen molar-refractivity contribution in [3.05, 3.63) is 71.6 Å². The van der Waals surface area contributed by atoms with E-state index in [0.29, 0.717) is 16.8 Å². The molecule has 5 nitrogen and oxygen atoms in total. The number of hydrogen-bond donors (Lipinski definition) is 2. The van der Waals surface area contributed by atoms with E-state index in [-0.39, 0.29) is 12.2 Å². The van der Waals surface area contributed by atoms with Gasteiger partial charge in [0.25, 0.3) is 0 Å². The molecule has 26 heavy (non-hydrogen) atoms. The Kier molecular flexibility index (Phi) is 5.73. The van der Waals surface area contributed by atoms with Crippen LogP contribution in [0, 0.1) is 5.41 Å². The summed E-state index contributed by atoms with van der Waals surface area (Å²) in [5, 5.41) is 20.2. The Morgan fingerprint density at radius 2 is 2.00 bits per heavy atom. The zero-order chi connectivity index (χ0) is 19.4. The summed E-state index contributed by atoms with van der Waals surface area (Å²) in [6.45, 7) is 5.27. The first-order valence-electron chi connectivity index (χ1n) is 8.31. The van der Waals surface area contributed by atoms with Crippen LogP contribution in [0.5, 0.6) is 0 Å². The third-order valence-electron chi connectivity index (χ3n) is 4.46. The lowest BCUT2D eigenvalue weighted by Crippen LogP contribution is -2.48. The lowest BCUT2D eigenvalue weighted by molar-refractivity contribution is -0.131. The van der Waals surface area contributed by atoms with Crippen molar-refractivity contribution in [1.82, 2.24) is 4.98 Å². The van der Waals surface area contributed by atoms with E-state index in [9.17, 15) is 14.7 Å². The number of aromatic nitrogens is 1. The minimum absolute atomic E-state index is 0.0634. The van der Waals surface area contributed by atoms with Gasteiger partial charge in [0.2, 0.25) is 0 Å². The smallest absolute Gasteiger partial charge is 0.328 e. The molecule has 0 spiro atoms. The number of hydrogen-bond acceptors (Lipinski definition) is 4. The van der Waals surface area contributed by atoms with Crippen LogP contribution in [0.15, 0.2) is 65.9 Å². The second-order valence-corrected chi connectivity index (χ2v) is 7.04. The van der Waals surface area contributed by atoms with Gasteiger partial charge in [-0.25, -0.2) is 4.79 Å². The highest BCUT2D eigenvalue weighted by atomic mass is 16.4. The molecule has 0 aliphatic heterocycles. The standard InChI is InChI=1S/C21H23NO4/c1-15(12-19(24)25)9-10-21(26)16(13-18(23)14-20(21,2)3)7-8-17-6-4-5-11-22-17/h4-13,26H,14H2,1-3H3,(H,24,25)/b8-7+,10-9+,15-12-/t21-/m1/s1. The van der Waals surface area contributed by atoms with E-state index in [0.717, 1.165) is 6.08 Å². The van der Waals surface area contributed by atoms with Crippen LogP contribution in [-0.4, -0.2) is 32.6 Å². The maximum atomic E-state index is 12.1. The van der Waals surface area contributed by atoms with Gasteiger partial charge in [-0.15, -0.1) is 0 Å². The third-order valence-corrected chi connectivity index (χ3v) is 4.46. The fourth-order valence-electron chi connectivity index (χ4n) is 2.94. The molecule has 1 aliphatic carbocycles. The highest BCUT2D eigenvalue weighted by Crippen LogP contribution is 2.45. The number of aliphatic hydroxyl groups is 1. The van der Waals surface area contributed by atoms with Crippen molar-refractivity contribution in [2.75, 3.05) is 0 Å². The summed E-state index contributed by atoms with van der Waals surface area (Å²) >= 11 is 0. The van der Waals surface area contributed by atoms with Gasteiger partial charge in [-0.2, -0.15) is 0 Å². The van der Waals surface area contributed by atoms with Gasteiger partial charge in [0.1, 0.15) is 5.60 Å². The van der Waals surface area contributed by atoms with E-state index in [2.05, 4.69) is 4.98 Å². The number of ketones is 1. The average molecular weight is 353 g/mol. The second kappa shape index (κ2) is 7.62. The molecule has 0 saturated heterocycles.